The second kappa shape index (κ2) is 9.36. The van der Waals surface area contributed by atoms with Crippen molar-refractivity contribution < 1.29 is 27.4 Å². The SMILES string of the molecule is COC[C@H](C)C/C(=N/C(=O)c1ccc(OC)cc1)Nc1cc(C(F)(F)F)[nH]n1. The third-order valence-electron chi connectivity index (χ3n) is 3.72. The number of hydrogen-bond acceptors (Lipinski definition) is 4. The quantitative estimate of drug-likeness (QED) is 0.548. The van der Waals surface area contributed by atoms with Gasteiger partial charge in [0, 0.05) is 31.8 Å². The van der Waals surface area contributed by atoms with Crippen molar-refractivity contribution >= 4 is 17.6 Å². The number of ether oxygens (including phenoxy) is 2. The van der Waals surface area contributed by atoms with Crippen LogP contribution in [-0.2, 0) is 10.9 Å². The molecule has 2 aromatic rings. The molecule has 0 unspecified atom stereocenters. The summed E-state index contributed by atoms with van der Waals surface area (Å²) >= 11 is 0. The molecule has 152 valence electrons. The Morgan fingerprint density at radius 2 is 1.96 bits per heavy atom. The number of hydrogen-bond donors (Lipinski definition) is 2. The predicted molar refractivity (Wildman–Crippen MR) is 97.6 cm³/mol. The highest BCUT2D eigenvalue weighted by molar-refractivity contribution is 6.07. The Morgan fingerprint density at radius 1 is 1.29 bits per heavy atom. The lowest BCUT2D eigenvalue weighted by atomic mass is 10.1. The van der Waals surface area contributed by atoms with Gasteiger partial charge in [-0.2, -0.15) is 23.3 Å². The minimum absolute atomic E-state index is 0.0269. The summed E-state index contributed by atoms with van der Waals surface area (Å²) in [6.45, 7) is 2.26. The maximum atomic E-state index is 12.7. The number of alkyl halides is 3. The molecule has 10 heteroatoms. The van der Waals surface area contributed by atoms with Crippen LogP contribution in [0.15, 0.2) is 35.3 Å². The van der Waals surface area contributed by atoms with E-state index in [9.17, 15) is 18.0 Å². The highest BCUT2D eigenvalue weighted by atomic mass is 19.4. The third kappa shape index (κ3) is 6.08. The van der Waals surface area contributed by atoms with Gasteiger partial charge in [-0.1, -0.05) is 6.92 Å². The number of amides is 1. The number of carbonyl (C=O) groups excluding carboxylic acids is 1. The van der Waals surface area contributed by atoms with Crippen molar-refractivity contribution in [1.29, 1.82) is 0 Å². The molecule has 0 saturated heterocycles. The fourth-order valence-corrected chi connectivity index (χ4v) is 2.40. The highest BCUT2D eigenvalue weighted by Gasteiger charge is 2.33. The Hall–Kier alpha value is -2.88. The number of carbonyl (C=O) groups is 1. The Balaban J connectivity index is 2.23. The molecule has 0 aliphatic carbocycles. The standard InChI is InChI=1S/C18H21F3N4O3/c1-11(10-27-2)8-15(22-16-9-14(24-25-16)18(19,20)21)23-17(26)12-4-6-13(28-3)7-5-12/h4-7,9,11H,8,10H2,1-3H3,(H2,22,23,24,25,26)/t11-/m1/s1. The van der Waals surface area contributed by atoms with Crippen molar-refractivity contribution in [2.75, 3.05) is 26.1 Å². The fraction of sp³-hybridized carbons (Fsp3) is 0.389. The number of H-pyrrole nitrogens is 1. The van der Waals surface area contributed by atoms with Crippen molar-refractivity contribution in [3.05, 3.63) is 41.6 Å². The van der Waals surface area contributed by atoms with E-state index in [-0.39, 0.29) is 24.0 Å². The number of amidine groups is 1. The number of anilines is 1. The second-order valence-corrected chi connectivity index (χ2v) is 6.15. The normalized spacial score (nSPS) is 13.3. The lowest BCUT2D eigenvalue weighted by Crippen LogP contribution is -2.20. The van der Waals surface area contributed by atoms with Crippen LogP contribution in [-0.4, -0.2) is 42.8 Å². The molecular weight excluding hydrogens is 377 g/mol. The summed E-state index contributed by atoms with van der Waals surface area (Å²) < 4.78 is 48.3. The van der Waals surface area contributed by atoms with Crippen LogP contribution in [0.5, 0.6) is 5.75 Å². The first-order chi connectivity index (χ1) is 13.2. The number of methoxy groups -OCH3 is 2. The van der Waals surface area contributed by atoms with Crippen molar-refractivity contribution in [2.24, 2.45) is 10.9 Å². The number of halogens is 3. The Morgan fingerprint density at radius 3 is 2.50 bits per heavy atom. The molecule has 7 nitrogen and oxygen atoms in total. The summed E-state index contributed by atoms with van der Waals surface area (Å²) in [5.41, 5.74) is -0.682. The molecule has 1 aromatic carbocycles. The van der Waals surface area contributed by atoms with E-state index < -0.39 is 17.8 Å². The maximum Gasteiger partial charge on any atom is 0.432 e. The van der Waals surface area contributed by atoms with Crippen LogP contribution < -0.4 is 10.1 Å². The molecule has 1 atom stereocenters. The summed E-state index contributed by atoms with van der Waals surface area (Å²) in [6.07, 6.45) is -4.27. The van der Waals surface area contributed by atoms with Gasteiger partial charge in [-0.05, 0) is 30.2 Å². The summed E-state index contributed by atoms with van der Waals surface area (Å²) in [5, 5.41) is 8.18. The van der Waals surface area contributed by atoms with E-state index in [4.69, 9.17) is 9.47 Å². The van der Waals surface area contributed by atoms with Crippen LogP contribution in [0.2, 0.25) is 0 Å². The maximum absolute atomic E-state index is 12.7. The van der Waals surface area contributed by atoms with Crippen molar-refractivity contribution in [3.8, 4) is 5.75 Å². The zero-order valence-corrected chi connectivity index (χ0v) is 15.6. The van der Waals surface area contributed by atoms with Gasteiger partial charge in [0.05, 0.1) is 7.11 Å². The molecular formula is C18H21F3N4O3. The number of aromatic nitrogens is 2. The number of aliphatic imine (C=N–C) groups is 1. The number of rotatable bonds is 7. The van der Waals surface area contributed by atoms with E-state index in [1.165, 1.54) is 14.2 Å². The third-order valence-corrected chi connectivity index (χ3v) is 3.72. The molecule has 0 spiro atoms. The number of nitrogens with one attached hydrogen (secondary N) is 2. The second-order valence-electron chi connectivity index (χ2n) is 6.15. The molecule has 1 heterocycles. The van der Waals surface area contributed by atoms with Crippen LogP contribution in [0.4, 0.5) is 19.0 Å². The van der Waals surface area contributed by atoms with Crippen molar-refractivity contribution in [2.45, 2.75) is 19.5 Å². The van der Waals surface area contributed by atoms with E-state index in [0.717, 1.165) is 6.07 Å². The summed E-state index contributed by atoms with van der Waals surface area (Å²) in [7, 11) is 3.04. The van der Waals surface area contributed by atoms with Gasteiger partial charge >= 0.3 is 6.18 Å². The van der Waals surface area contributed by atoms with Crippen LogP contribution >= 0.6 is 0 Å². The Kier molecular flexibility index (Phi) is 7.16. The van der Waals surface area contributed by atoms with E-state index in [1.807, 2.05) is 12.0 Å². The molecule has 0 fully saturated rings. The van der Waals surface area contributed by atoms with Gasteiger partial charge < -0.3 is 14.8 Å². The zero-order chi connectivity index (χ0) is 20.7. The van der Waals surface area contributed by atoms with E-state index >= 15 is 0 Å². The first-order valence-electron chi connectivity index (χ1n) is 8.37. The van der Waals surface area contributed by atoms with E-state index in [1.54, 1.807) is 24.3 Å². The van der Waals surface area contributed by atoms with Gasteiger partial charge in [0.15, 0.2) is 5.82 Å². The van der Waals surface area contributed by atoms with Gasteiger partial charge in [-0.15, -0.1) is 0 Å². The molecule has 1 amide bonds. The molecule has 28 heavy (non-hydrogen) atoms. The Labute approximate surface area is 160 Å². The summed E-state index contributed by atoms with van der Waals surface area (Å²) in [6, 6.07) is 7.15. The van der Waals surface area contributed by atoms with Crippen LogP contribution in [0.1, 0.15) is 29.4 Å². The number of nitrogens with zero attached hydrogens (tertiary/aromatic N) is 2. The van der Waals surface area contributed by atoms with E-state index in [2.05, 4.69) is 15.4 Å². The molecule has 2 rings (SSSR count). The number of benzene rings is 1. The zero-order valence-electron chi connectivity index (χ0n) is 15.6. The molecule has 0 radical (unpaired) electrons. The van der Waals surface area contributed by atoms with Crippen LogP contribution in [0.25, 0.3) is 0 Å². The van der Waals surface area contributed by atoms with Crippen molar-refractivity contribution in [3.63, 3.8) is 0 Å². The van der Waals surface area contributed by atoms with Gasteiger partial charge in [0.1, 0.15) is 17.3 Å². The van der Waals surface area contributed by atoms with Gasteiger partial charge in [-0.25, -0.2) is 0 Å². The number of aromatic amines is 1. The minimum atomic E-state index is -4.55. The Bertz CT molecular complexity index is 816. The van der Waals surface area contributed by atoms with Crippen molar-refractivity contribution in [1.82, 2.24) is 10.2 Å². The van der Waals surface area contributed by atoms with Gasteiger partial charge in [-0.3, -0.25) is 9.89 Å². The molecule has 0 bridgehead atoms. The monoisotopic (exact) mass is 398 g/mol. The molecule has 2 N–H and O–H groups in total. The first kappa shape index (κ1) is 21.4. The average molecular weight is 398 g/mol. The topological polar surface area (TPSA) is 88.6 Å². The smallest absolute Gasteiger partial charge is 0.432 e. The van der Waals surface area contributed by atoms with E-state index in [0.29, 0.717) is 17.9 Å². The van der Waals surface area contributed by atoms with Crippen LogP contribution in [0, 0.1) is 5.92 Å². The fourth-order valence-electron chi connectivity index (χ4n) is 2.40. The lowest BCUT2D eigenvalue weighted by Gasteiger charge is -2.13. The lowest BCUT2D eigenvalue weighted by molar-refractivity contribution is -0.141. The predicted octanol–water partition coefficient (Wildman–Crippen LogP) is 3.76. The highest BCUT2D eigenvalue weighted by Crippen LogP contribution is 2.28. The molecule has 0 saturated carbocycles. The molecule has 1 aromatic heterocycles. The summed E-state index contributed by atoms with van der Waals surface area (Å²) in [5.74, 6) is 0.120. The molecule has 0 aliphatic rings. The molecule has 0 aliphatic heterocycles. The first-order valence-corrected chi connectivity index (χ1v) is 8.37. The minimum Gasteiger partial charge on any atom is -0.497 e. The summed E-state index contributed by atoms with van der Waals surface area (Å²) in [4.78, 5) is 16.5. The van der Waals surface area contributed by atoms with Gasteiger partial charge in [0.25, 0.3) is 5.91 Å². The van der Waals surface area contributed by atoms with Gasteiger partial charge in [0.2, 0.25) is 0 Å². The average Bonchev–Trinajstić information content (AvgIpc) is 3.10. The largest absolute Gasteiger partial charge is 0.497 e. The van der Waals surface area contributed by atoms with Crippen LogP contribution in [0.3, 0.4) is 0 Å².